The van der Waals surface area contributed by atoms with E-state index in [2.05, 4.69) is 0 Å². The van der Waals surface area contributed by atoms with Crippen LogP contribution < -0.4 is 5.73 Å². The summed E-state index contributed by atoms with van der Waals surface area (Å²) in [5.41, 5.74) is 7.26. The Labute approximate surface area is 108 Å². The number of nitrogens with zero attached hydrogens (tertiary/aromatic N) is 1. The number of nitrogens with two attached hydrogens (primary N) is 1. The van der Waals surface area contributed by atoms with Crippen LogP contribution in [0.1, 0.15) is 29.3 Å². The number of hydrogen-bond acceptors (Lipinski definition) is 3. The molecule has 3 N–H and O–H groups in total. The maximum Gasteiger partial charge on any atom is 0.253 e. The first-order chi connectivity index (χ1) is 8.54. The molecule has 0 aliphatic carbocycles. The third kappa shape index (κ3) is 4.47. The third-order valence-electron chi connectivity index (χ3n) is 2.84. The number of benzene rings is 1. The van der Waals surface area contributed by atoms with Gasteiger partial charge in [-0.15, -0.1) is 0 Å². The first-order valence-electron chi connectivity index (χ1n) is 6.27. The van der Waals surface area contributed by atoms with Gasteiger partial charge in [-0.05, 0) is 44.0 Å². The van der Waals surface area contributed by atoms with E-state index < -0.39 is 0 Å². The fraction of sp³-hybridized carbons (Fsp3) is 0.500. The molecule has 1 amide bonds. The van der Waals surface area contributed by atoms with Crippen molar-refractivity contribution in [1.82, 2.24) is 4.90 Å². The van der Waals surface area contributed by atoms with Crippen LogP contribution in [0, 0.1) is 0 Å². The number of hydrogen-bond donors (Lipinski definition) is 2. The summed E-state index contributed by atoms with van der Waals surface area (Å²) in [6.45, 7) is 2.85. The summed E-state index contributed by atoms with van der Waals surface area (Å²) < 4.78 is 0. The molecule has 1 aromatic carbocycles. The van der Waals surface area contributed by atoms with E-state index in [0.717, 1.165) is 12.0 Å². The molecule has 0 bridgehead atoms. The SMILES string of the molecule is CC(O)CCN(C)C(=O)c1cccc(CCN)c1. The number of rotatable bonds is 6. The van der Waals surface area contributed by atoms with Crippen molar-refractivity contribution >= 4 is 5.91 Å². The lowest BCUT2D eigenvalue weighted by atomic mass is 10.1. The van der Waals surface area contributed by atoms with Gasteiger partial charge in [-0.3, -0.25) is 4.79 Å². The average molecular weight is 250 g/mol. The molecule has 0 spiro atoms. The summed E-state index contributed by atoms with van der Waals surface area (Å²) >= 11 is 0. The van der Waals surface area contributed by atoms with Crippen LogP contribution in [-0.4, -0.2) is 42.2 Å². The molecule has 1 unspecified atom stereocenters. The van der Waals surface area contributed by atoms with Gasteiger partial charge < -0.3 is 15.7 Å². The monoisotopic (exact) mass is 250 g/mol. The van der Waals surface area contributed by atoms with E-state index in [0.29, 0.717) is 25.1 Å². The predicted molar refractivity (Wildman–Crippen MR) is 72.5 cm³/mol. The number of amides is 1. The van der Waals surface area contributed by atoms with E-state index in [1.54, 1.807) is 24.9 Å². The molecule has 1 rings (SSSR count). The Bertz CT molecular complexity index is 391. The largest absolute Gasteiger partial charge is 0.393 e. The van der Waals surface area contributed by atoms with Gasteiger partial charge >= 0.3 is 0 Å². The lowest BCUT2D eigenvalue weighted by molar-refractivity contribution is 0.0769. The fourth-order valence-corrected chi connectivity index (χ4v) is 1.73. The molecular weight excluding hydrogens is 228 g/mol. The van der Waals surface area contributed by atoms with E-state index in [-0.39, 0.29) is 12.0 Å². The van der Waals surface area contributed by atoms with E-state index in [9.17, 15) is 9.90 Å². The predicted octanol–water partition coefficient (Wildman–Crippen LogP) is 1.03. The van der Waals surface area contributed by atoms with Crippen molar-refractivity contribution in [2.45, 2.75) is 25.9 Å². The van der Waals surface area contributed by atoms with Gasteiger partial charge in [-0.25, -0.2) is 0 Å². The molecule has 0 saturated carbocycles. The zero-order valence-corrected chi connectivity index (χ0v) is 11.1. The minimum atomic E-state index is -0.385. The van der Waals surface area contributed by atoms with E-state index in [1.807, 2.05) is 18.2 Å². The highest BCUT2D eigenvalue weighted by molar-refractivity contribution is 5.94. The van der Waals surface area contributed by atoms with Crippen LogP contribution in [-0.2, 0) is 6.42 Å². The van der Waals surface area contributed by atoms with Gasteiger partial charge in [0.15, 0.2) is 0 Å². The van der Waals surface area contributed by atoms with Crippen molar-refractivity contribution in [3.05, 3.63) is 35.4 Å². The molecule has 0 aliphatic heterocycles. The highest BCUT2D eigenvalue weighted by atomic mass is 16.3. The first-order valence-corrected chi connectivity index (χ1v) is 6.27. The van der Waals surface area contributed by atoms with E-state index in [1.165, 1.54) is 0 Å². The Morgan fingerprint density at radius 1 is 1.50 bits per heavy atom. The molecular formula is C14H22N2O2. The van der Waals surface area contributed by atoms with Crippen LogP contribution in [0.15, 0.2) is 24.3 Å². The first kappa shape index (κ1) is 14.7. The molecule has 1 aromatic rings. The summed E-state index contributed by atoms with van der Waals surface area (Å²) in [5, 5.41) is 9.22. The summed E-state index contributed by atoms with van der Waals surface area (Å²) in [4.78, 5) is 13.8. The van der Waals surface area contributed by atoms with Gasteiger partial charge in [0.05, 0.1) is 6.10 Å². The van der Waals surface area contributed by atoms with Gasteiger partial charge in [0.25, 0.3) is 5.91 Å². The number of aliphatic hydroxyl groups is 1. The van der Waals surface area contributed by atoms with Gasteiger partial charge in [0.1, 0.15) is 0 Å². The highest BCUT2D eigenvalue weighted by Crippen LogP contribution is 2.09. The summed E-state index contributed by atoms with van der Waals surface area (Å²) in [7, 11) is 1.75. The molecule has 4 nitrogen and oxygen atoms in total. The van der Waals surface area contributed by atoms with Crippen molar-refractivity contribution < 1.29 is 9.90 Å². The lowest BCUT2D eigenvalue weighted by Gasteiger charge is -2.18. The molecule has 0 aliphatic rings. The van der Waals surface area contributed by atoms with Crippen LogP contribution in [0.25, 0.3) is 0 Å². The van der Waals surface area contributed by atoms with Crippen molar-refractivity contribution in [3.63, 3.8) is 0 Å². The second-order valence-corrected chi connectivity index (χ2v) is 4.60. The van der Waals surface area contributed by atoms with E-state index in [4.69, 9.17) is 5.73 Å². The Kier molecular flexibility index (Phi) is 5.82. The van der Waals surface area contributed by atoms with Gasteiger partial charge in [-0.1, -0.05) is 12.1 Å². The Morgan fingerprint density at radius 2 is 2.22 bits per heavy atom. The smallest absolute Gasteiger partial charge is 0.253 e. The Morgan fingerprint density at radius 3 is 2.83 bits per heavy atom. The molecule has 18 heavy (non-hydrogen) atoms. The second-order valence-electron chi connectivity index (χ2n) is 4.60. The van der Waals surface area contributed by atoms with Crippen LogP contribution in [0.4, 0.5) is 0 Å². The maximum absolute atomic E-state index is 12.1. The van der Waals surface area contributed by atoms with Crippen LogP contribution in [0.2, 0.25) is 0 Å². The van der Waals surface area contributed by atoms with Crippen molar-refractivity contribution in [2.24, 2.45) is 5.73 Å². The molecule has 100 valence electrons. The molecule has 0 aromatic heterocycles. The van der Waals surface area contributed by atoms with Crippen LogP contribution >= 0.6 is 0 Å². The number of carbonyl (C=O) groups excluding carboxylic acids is 1. The topological polar surface area (TPSA) is 66.6 Å². The minimum Gasteiger partial charge on any atom is -0.393 e. The fourth-order valence-electron chi connectivity index (χ4n) is 1.73. The molecule has 0 saturated heterocycles. The zero-order chi connectivity index (χ0) is 13.5. The molecule has 0 radical (unpaired) electrons. The van der Waals surface area contributed by atoms with Crippen molar-refractivity contribution in [2.75, 3.05) is 20.1 Å². The van der Waals surface area contributed by atoms with Crippen LogP contribution in [0.5, 0.6) is 0 Å². The van der Waals surface area contributed by atoms with Gasteiger partial charge in [0, 0.05) is 19.2 Å². The Balaban J connectivity index is 2.67. The number of carbonyl (C=O) groups is 1. The quantitative estimate of drug-likeness (QED) is 0.792. The maximum atomic E-state index is 12.1. The lowest BCUT2D eigenvalue weighted by Crippen LogP contribution is -2.29. The summed E-state index contributed by atoms with van der Waals surface area (Å²) in [5.74, 6) is -0.0190. The normalized spacial score (nSPS) is 12.2. The van der Waals surface area contributed by atoms with Crippen LogP contribution in [0.3, 0.4) is 0 Å². The minimum absolute atomic E-state index is 0.0190. The highest BCUT2D eigenvalue weighted by Gasteiger charge is 2.12. The average Bonchev–Trinajstić information content (AvgIpc) is 2.35. The van der Waals surface area contributed by atoms with E-state index >= 15 is 0 Å². The second kappa shape index (κ2) is 7.13. The standard InChI is InChI=1S/C14H22N2O2/c1-11(17)7-9-16(2)14(18)13-5-3-4-12(10-13)6-8-15/h3-5,10-11,17H,6-9,15H2,1-2H3. The summed E-state index contributed by atoms with van der Waals surface area (Å²) in [6.07, 6.45) is 0.979. The van der Waals surface area contributed by atoms with Crippen molar-refractivity contribution in [1.29, 1.82) is 0 Å². The molecule has 1 atom stereocenters. The molecule has 0 heterocycles. The van der Waals surface area contributed by atoms with Gasteiger partial charge in [0.2, 0.25) is 0 Å². The zero-order valence-electron chi connectivity index (χ0n) is 11.1. The number of aliphatic hydroxyl groups excluding tert-OH is 1. The van der Waals surface area contributed by atoms with Gasteiger partial charge in [-0.2, -0.15) is 0 Å². The summed E-state index contributed by atoms with van der Waals surface area (Å²) in [6, 6.07) is 7.54. The Hall–Kier alpha value is -1.39. The third-order valence-corrected chi connectivity index (χ3v) is 2.84. The van der Waals surface area contributed by atoms with Crippen molar-refractivity contribution in [3.8, 4) is 0 Å². The molecule has 0 fully saturated rings. The molecule has 4 heteroatoms.